The summed E-state index contributed by atoms with van der Waals surface area (Å²) in [6, 6.07) is 5.88. The Morgan fingerprint density at radius 1 is 1.16 bits per heavy atom. The number of carbonyl (C=O) groups excluding carboxylic acids is 1. The maximum atomic E-state index is 13.0. The average Bonchev–Trinajstić information content (AvgIpc) is 2.65. The van der Waals surface area contributed by atoms with Gasteiger partial charge in [-0.15, -0.1) is 12.4 Å². The van der Waals surface area contributed by atoms with E-state index >= 15 is 0 Å². The summed E-state index contributed by atoms with van der Waals surface area (Å²) in [6.07, 6.45) is 10.1. The second kappa shape index (κ2) is 9.99. The van der Waals surface area contributed by atoms with Crippen LogP contribution in [-0.2, 0) is 6.42 Å². The van der Waals surface area contributed by atoms with Gasteiger partial charge in [-0.1, -0.05) is 17.7 Å². The van der Waals surface area contributed by atoms with Gasteiger partial charge in [-0.25, -0.2) is 0 Å². The van der Waals surface area contributed by atoms with Gasteiger partial charge in [-0.05, 0) is 113 Å². The van der Waals surface area contributed by atoms with Gasteiger partial charge >= 0.3 is 0 Å². The number of carbonyl (C=O) groups is 1. The van der Waals surface area contributed by atoms with E-state index in [0.29, 0.717) is 16.0 Å². The summed E-state index contributed by atoms with van der Waals surface area (Å²) < 4.78 is 0. The minimum absolute atomic E-state index is 0. The van der Waals surface area contributed by atoms with E-state index in [2.05, 4.69) is 10.6 Å². The van der Waals surface area contributed by atoms with Crippen LogP contribution in [0, 0.1) is 23.2 Å². The molecule has 0 unspecified atom stereocenters. The third-order valence-corrected chi connectivity index (χ3v) is 7.79. The van der Waals surface area contributed by atoms with Crippen molar-refractivity contribution in [3.63, 3.8) is 0 Å². The highest BCUT2D eigenvalue weighted by molar-refractivity contribution is 6.33. The molecule has 4 N–H and O–H groups in total. The summed E-state index contributed by atoms with van der Waals surface area (Å²) in [5, 5.41) is 7.21. The Kier molecular flexibility index (Phi) is 8.00. The highest BCUT2D eigenvalue weighted by Gasteiger charge is 2.50. The molecule has 0 radical (unpaired) electrons. The van der Waals surface area contributed by atoms with Gasteiger partial charge in [0.15, 0.2) is 0 Å². The van der Waals surface area contributed by atoms with E-state index in [9.17, 15) is 4.79 Å². The van der Waals surface area contributed by atoms with Crippen LogP contribution in [0.2, 0.25) is 5.02 Å². The number of amides is 1. The van der Waals surface area contributed by atoms with Crippen LogP contribution in [-0.4, -0.2) is 31.1 Å². The van der Waals surface area contributed by atoms with Crippen molar-refractivity contribution in [1.82, 2.24) is 10.6 Å². The fourth-order valence-electron chi connectivity index (χ4n) is 6.60. The van der Waals surface area contributed by atoms with Gasteiger partial charge in [0.25, 0.3) is 5.91 Å². The van der Waals surface area contributed by atoms with Crippen LogP contribution in [0.5, 0.6) is 0 Å². The lowest BCUT2D eigenvalue weighted by molar-refractivity contribution is -0.0503. The molecule has 0 saturated heterocycles. The Balaban J connectivity index is 0.00000272. The van der Waals surface area contributed by atoms with Crippen LogP contribution in [0.15, 0.2) is 18.2 Å². The molecular weight excluding hydrogens is 429 g/mol. The van der Waals surface area contributed by atoms with Crippen molar-refractivity contribution in [2.75, 3.05) is 19.6 Å². The number of benzene rings is 1. The van der Waals surface area contributed by atoms with E-state index in [0.717, 1.165) is 55.8 Å². The molecule has 4 fully saturated rings. The van der Waals surface area contributed by atoms with Crippen LogP contribution < -0.4 is 16.4 Å². The monoisotopic (exact) mass is 467 g/mol. The van der Waals surface area contributed by atoms with E-state index < -0.39 is 0 Å². The Bertz CT molecular complexity index is 739. The number of hydrogen-bond acceptors (Lipinski definition) is 3. The van der Waals surface area contributed by atoms with Crippen molar-refractivity contribution in [2.45, 2.75) is 70.8 Å². The number of nitrogens with two attached hydrogens (primary N) is 1. The smallest absolute Gasteiger partial charge is 0.252 e. The number of hydrogen-bond donors (Lipinski definition) is 3. The molecule has 174 valence electrons. The largest absolute Gasteiger partial charge is 0.351 e. The van der Waals surface area contributed by atoms with E-state index in [1.54, 1.807) is 0 Å². The molecule has 1 aromatic rings. The Labute approximate surface area is 198 Å². The van der Waals surface area contributed by atoms with Crippen LogP contribution in [0.25, 0.3) is 0 Å². The SMILES string of the molecule is CC(C)(N)CNCCCc1ccc(Cl)c(C(=O)NCC23CC4CC(CC(C4)C2)C3)c1.Cl. The van der Waals surface area contributed by atoms with Gasteiger partial charge in [-0.2, -0.15) is 0 Å². The zero-order valence-corrected chi connectivity index (χ0v) is 20.6. The lowest BCUT2D eigenvalue weighted by atomic mass is 9.49. The molecule has 1 amide bonds. The fraction of sp³-hybridized carbons (Fsp3) is 0.720. The van der Waals surface area contributed by atoms with Crippen molar-refractivity contribution < 1.29 is 4.79 Å². The summed E-state index contributed by atoms with van der Waals surface area (Å²) in [7, 11) is 0. The summed E-state index contributed by atoms with van der Waals surface area (Å²) in [5.74, 6) is 2.69. The number of nitrogens with one attached hydrogen (secondary N) is 2. The van der Waals surface area contributed by atoms with Crippen molar-refractivity contribution in [2.24, 2.45) is 28.9 Å². The average molecular weight is 469 g/mol. The first-order valence-electron chi connectivity index (χ1n) is 11.8. The first-order chi connectivity index (χ1) is 14.2. The number of aryl methyl sites for hydroxylation is 1. The molecule has 6 heteroatoms. The third kappa shape index (κ3) is 6.37. The molecule has 0 aliphatic heterocycles. The van der Waals surface area contributed by atoms with Crippen LogP contribution in [0.3, 0.4) is 0 Å². The van der Waals surface area contributed by atoms with E-state index in [4.69, 9.17) is 17.3 Å². The van der Waals surface area contributed by atoms with Gasteiger partial charge in [0.2, 0.25) is 0 Å². The lowest BCUT2D eigenvalue weighted by Crippen LogP contribution is -2.51. The Morgan fingerprint density at radius 3 is 2.35 bits per heavy atom. The summed E-state index contributed by atoms with van der Waals surface area (Å²) in [4.78, 5) is 13.0. The van der Waals surface area contributed by atoms with E-state index in [1.165, 1.54) is 38.5 Å². The molecule has 4 bridgehead atoms. The molecule has 5 rings (SSSR count). The zero-order valence-electron chi connectivity index (χ0n) is 19.0. The van der Waals surface area contributed by atoms with Crippen molar-refractivity contribution in [3.8, 4) is 0 Å². The maximum Gasteiger partial charge on any atom is 0.252 e. The van der Waals surface area contributed by atoms with E-state index in [1.807, 2.05) is 32.0 Å². The van der Waals surface area contributed by atoms with Crippen molar-refractivity contribution in [1.29, 1.82) is 0 Å². The van der Waals surface area contributed by atoms with Gasteiger partial charge < -0.3 is 16.4 Å². The predicted molar refractivity (Wildman–Crippen MR) is 131 cm³/mol. The highest BCUT2D eigenvalue weighted by Crippen LogP contribution is 2.59. The Morgan fingerprint density at radius 2 is 1.77 bits per heavy atom. The van der Waals surface area contributed by atoms with Crippen LogP contribution in [0.4, 0.5) is 0 Å². The highest BCUT2D eigenvalue weighted by atomic mass is 35.5. The van der Waals surface area contributed by atoms with Gasteiger partial charge in [0.05, 0.1) is 10.6 Å². The number of halogens is 2. The van der Waals surface area contributed by atoms with Gasteiger partial charge in [0.1, 0.15) is 0 Å². The first-order valence-corrected chi connectivity index (χ1v) is 12.2. The molecule has 4 aliphatic rings. The topological polar surface area (TPSA) is 67.1 Å². The molecule has 4 nitrogen and oxygen atoms in total. The number of rotatable bonds is 9. The maximum absolute atomic E-state index is 13.0. The van der Waals surface area contributed by atoms with Gasteiger partial charge in [-0.3, -0.25) is 4.79 Å². The molecular formula is C25H39Cl2N3O. The standard InChI is InChI=1S/C25H38ClN3O.ClH/c1-24(2,27)15-28-7-3-4-17-5-6-22(26)21(11-17)23(30)29-16-25-12-18-8-19(13-25)10-20(9-18)14-25;/h5-6,11,18-20,28H,3-4,7-10,12-16,27H2,1-2H3,(H,29,30);1H. The molecule has 1 aromatic carbocycles. The molecule has 4 saturated carbocycles. The summed E-state index contributed by atoms with van der Waals surface area (Å²) in [5.41, 5.74) is 7.93. The molecule has 0 heterocycles. The third-order valence-electron chi connectivity index (χ3n) is 7.46. The second-order valence-corrected chi connectivity index (χ2v) is 11.6. The van der Waals surface area contributed by atoms with E-state index in [-0.39, 0.29) is 23.9 Å². The normalized spacial score (nSPS) is 29.0. The Hall–Kier alpha value is -0.810. The van der Waals surface area contributed by atoms with Crippen LogP contribution in [0.1, 0.15) is 74.7 Å². The predicted octanol–water partition coefficient (Wildman–Crippen LogP) is 4.97. The summed E-state index contributed by atoms with van der Waals surface area (Å²) in [6.45, 7) is 6.57. The van der Waals surface area contributed by atoms with Crippen molar-refractivity contribution >= 4 is 29.9 Å². The molecule has 31 heavy (non-hydrogen) atoms. The minimum Gasteiger partial charge on any atom is -0.351 e. The zero-order chi connectivity index (χ0) is 21.4. The van der Waals surface area contributed by atoms with Gasteiger partial charge in [0, 0.05) is 18.6 Å². The molecule has 0 atom stereocenters. The molecule has 4 aliphatic carbocycles. The quantitative estimate of drug-likeness (QED) is 0.449. The fourth-order valence-corrected chi connectivity index (χ4v) is 6.80. The summed E-state index contributed by atoms with van der Waals surface area (Å²) >= 11 is 6.39. The van der Waals surface area contributed by atoms with Crippen molar-refractivity contribution in [3.05, 3.63) is 34.3 Å². The van der Waals surface area contributed by atoms with Crippen LogP contribution >= 0.6 is 24.0 Å². The molecule has 0 aromatic heterocycles. The molecule has 0 spiro atoms. The minimum atomic E-state index is -0.192. The second-order valence-electron chi connectivity index (χ2n) is 11.2. The first kappa shape index (κ1) is 24.8. The lowest BCUT2D eigenvalue weighted by Gasteiger charge is -2.56.